The number of rotatable bonds is 7. The summed E-state index contributed by atoms with van der Waals surface area (Å²) in [6.45, 7) is 4.29. The van der Waals surface area contributed by atoms with Gasteiger partial charge >= 0.3 is 0 Å². The topological polar surface area (TPSA) is 65.2 Å². The predicted molar refractivity (Wildman–Crippen MR) is 99.3 cm³/mol. The first-order valence-electron chi connectivity index (χ1n) is 8.34. The molecule has 0 saturated carbocycles. The lowest BCUT2D eigenvalue weighted by molar-refractivity contribution is 0.0967. The largest absolute Gasteiger partial charge is 0.473 e. The minimum Gasteiger partial charge on any atom is -0.473 e. The van der Waals surface area contributed by atoms with Crippen LogP contribution in [0.15, 0.2) is 53.4 Å². The summed E-state index contributed by atoms with van der Waals surface area (Å²) >= 11 is 5.92. The van der Waals surface area contributed by atoms with E-state index in [1.54, 1.807) is 36.7 Å². The molecule has 134 valence electrons. The van der Waals surface area contributed by atoms with Gasteiger partial charge in [0.2, 0.25) is 5.88 Å². The van der Waals surface area contributed by atoms with Crippen LogP contribution in [0.2, 0.25) is 5.02 Å². The molecule has 0 N–H and O–H groups in total. The van der Waals surface area contributed by atoms with Gasteiger partial charge in [-0.05, 0) is 24.1 Å². The Morgan fingerprint density at radius 3 is 2.62 bits per heavy atom. The van der Waals surface area contributed by atoms with Crippen LogP contribution in [0.5, 0.6) is 5.88 Å². The van der Waals surface area contributed by atoms with E-state index in [-0.39, 0.29) is 12.4 Å². The Hall–Kier alpha value is -2.66. The van der Waals surface area contributed by atoms with Crippen molar-refractivity contribution >= 4 is 17.4 Å². The van der Waals surface area contributed by atoms with Crippen molar-refractivity contribution in [2.24, 2.45) is 5.92 Å². The van der Waals surface area contributed by atoms with Crippen molar-refractivity contribution < 1.29 is 14.1 Å². The summed E-state index contributed by atoms with van der Waals surface area (Å²) in [4.78, 5) is 16.2. The molecule has 0 unspecified atom stereocenters. The third-order valence-electron chi connectivity index (χ3n) is 3.79. The highest BCUT2D eigenvalue weighted by atomic mass is 35.5. The first-order valence-corrected chi connectivity index (χ1v) is 8.72. The molecule has 2 aromatic heterocycles. The normalized spacial score (nSPS) is 10.9. The molecule has 0 saturated heterocycles. The Balaban J connectivity index is 1.66. The van der Waals surface area contributed by atoms with Crippen LogP contribution >= 0.6 is 11.6 Å². The zero-order chi connectivity index (χ0) is 18.5. The second kappa shape index (κ2) is 8.15. The van der Waals surface area contributed by atoms with Gasteiger partial charge < -0.3 is 9.26 Å². The highest BCUT2D eigenvalue weighted by molar-refractivity contribution is 6.30. The standard InChI is InChI=1S/C20H19ClN2O3/c1-13(2)9-18(24)15-5-8-19(22-10-15)25-11-16-12-26-23-20(16)14-3-6-17(21)7-4-14/h3-8,10,12-13H,9,11H2,1-2H3. The third-order valence-corrected chi connectivity index (χ3v) is 4.04. The van der Waals surface area contributed by atoms with E-state index in [2.05, 4.69) is 10.1 Å². The van der Waals surface area contributed by atoms with E-state index in [9.17, 15) is 4.79 Å². The summed E-state index contributed by atoms with van der Waals surface area (Å²) in [5, 5.41) is 4.69. The fourth-order valence-corrected chi connectivity index (χ4v) is 2.60. The summed E-state index contributed by atoms with van der Waals surface area (Å²) in [6, 6.07) is 10.8. The van der Waals surface area contributed by atoms with E-state index in [1.165, 1.54) is 0 Å². The molecule has 3 rings (SSSR count). The third kappa shape index (κ3) is 4.49. The fourth-order valence-electron chi connectivity index (χ4n) is 2.48. The van der Waals surface area contributed by atoms with Crippen LogP contribution in [-0.4, -0.2) is 15.9 Å². The molecular weight excluding hydrogens is 352 g/mol. The predicted octanol–water partition coefficient (Wildman–Crippen LogP) is 5.20. The number of ketones is 1. The lowest BCUT2D eigenvalue weighted by Crippen LogP contribution is -2.04. The number of ether oxygens (including phenoxy) is 1. The average molecular weight is 371 g/mol. The Labute approximate surface area is 156 Å². The fraction of sp³-hybridized carbons (Fsp3) is 0.250. The van der Waals surface area contributed by atoms with Crippen molar-refractivity contribution in [3.8, 4) is 17.1 Å². The van der Waals surface area contributed by atoms with Gasteiger partial charge in [-0.3, -0.25) is 4.79 Å². The lowest BCUT2D eigenvalue weighted by Gasteiger charge is -2.07. The van der Waals surface area contributed by atoms with Crippen LogP contribution in [0, 0.1) is 5.92 Å². The number of nitrogens with zero attached hydrogens (tertiary/aromatic N) is 2. The van der Waals surface area contributed by atoms with Crippen LogP contribution in [-0.2, 0) is 6.61 Å². The molecule has 26 heavy (non-hydrogen) atoms. The zero-order valence-electron chi connectivity index (χ0n) is 14.6. The van der Waals surface area contributed by atoms with E-state index in [0.717, 1.165) is 11.1 Å². The molecule has 5 nitrogen and oxygen atoms in total. The van der Waals surface area contributed by atoms with E-state index in [4.69, 9.17) is 20.9 Å². The molecule has 0 bridgehead atoms. The molecule has 1 aromatic carbocycles. The minimum atomic E-state index is 0.0862. The van der Waals surface area contributed by atoms with Crippen molar-refractivity contribution in [2.45, 2.75) is 26.9 Å². The van der Waals surface area contributed by atoms with Crippen LogP contribution in [0.1, 0.15) is 36.2 Å². The van der Waals surface area contributed by atoms with Crippen molar-refractivity contribution in [1.29, 1.82) is 0 Å². The van der Waals surface area contributed by atoms with Crippen molar-refractivity contribution in [1.82, 2.24) is 10.1 Å². The van der Waals surface area contributed by atoms with Crippen molar-refractivity contribution in [3.05, 3.63) is 65.0 Å². The summed E-state index contributed by atoms with van der Waals surface area (Å²) in [5.74, 6) is 0.843. The SMILES string of the molecule is CC(C)CC(=O)c1ccc(OCc2conc2-c2ccc(Cl)cc2)nc1. The maximum Gasteiger partial charge on any atom is 0.213 e. The molecular formula is C20H19ClN2O3. The summed E-state index contributed by atoms with van der Waals surface area (Å²) in [7, 11) is 0. The Kier molecular flexibility index (Phi) is 5.68. The van der Waals surface area contributed by atoms with E-state index >= 15 is 0 Å². The monoisotopic (exact) mass is 370 g/mol. The van der Waals surface area contributed by atoms with E-state index in [0.29, 0.717) is 34.5 Å². The van der Waals surface area contributed by atoms with Gasteiger partial charge in [0, 0.05) is 34.8 Å². The van der Waals surface area contributed by atoms with Gasteiger partial charge in [-0.1, -0.05) is 42.7 Å². The lowest BCUT2D eigenvalue weighted by atomic mass is 10.0. The molecule has 0 fully saturated rings. The van der Waals surface area contributed by atoms with Gasteiger partial charge in [-0.25, -0.2) is 4.98 Å². The van der Waals surface area contributed by atoms with Crippen molar-refractivity contribution in [2.75, 3.05) is 0 Å². The van der Waals surface area contributed by atoms with Gasteiger partial charge in [0.25, 0.3) is 0 Å². The molecule has 0 amide bonds. The molecule has 0 radical (unpaired) electrons. The van der Waals surface area contributed by atoms with E-state index in [1.807, 2.05) is 26.0 Å². The Bertz CT molecular complexity index is 871. The second-order valence-electron chi connectivity index (χ2n) is 6.39. The number of carbonyl (C=O) groups is 1. The number of hydrogen-bond donors (Lipinski definition) is 0. The molecule has 6 heteroatoms. The van der Waals surface area contributed by atoms with Crippen molar-refractivity contribution in [3.63, 3.8) is 0 Å². The van der Waals surface area contributed by atoms with Crippen LogP contribution < -0.4 is 4.74 Å². The summed E-state index contributed by atoms with van der Waals surface area (Å²) < 4.78 is 10.8. The highest BCUT2D eigenvalue weighted by Gasteiger charge is 2.12. The smallest absolute Gasteiger partial charge is 0.213 e. The molecule has 0 aliphatic heterocycles. The van der Waals surface area contributed by atoms with Crippen LogP contribution in [0.25, 0.3) is 11.3 Å². The van der Waals surface area contributed by atoms with Crippen LogP contribution in [0.3, 0.4) is 0 Å². The maximum atomic E-state index is 12.0. The number of hydrogen-bond acceptors (Lipinski definition) is 5. The quantitative estimate of drug-likeness (QED) is 0.535. The first kappa shape index (κ1) is 18.1. The Morgan fingerprint density at radius 2 is 1.96 bits per heavy atom. The minimum absolute atomic E-state index is 0.0862. The molecule has 0 aliphatic carbocycles. The van der Waals surface area contributed by atoms with Crippen LogP contribution in [0.4, 0.5) is 0 Å². The first-order chi connectivity index (χ1) is 12.5. The molecule has 3 aromatic rings. The van der Waals surface area contributed by atoms with Gasteiger partial charge in [0.1, 0.15) is 18.6 Å². The molecule has 0 aliphatic rings. The molecule has 0 atom stereocenters. The van der Waals surface area contributed by atoms with Gasteiger partial charge in [-0.2, -0.15) is 0 Å². The second-order valence-corrected chi connectivity index (χ2v) is 6.83. The number of pyridine rings is 1. The molecule has 0 spiro atoms. The van der Waals surface area contributed by atoms with Gasteiger partial charge in [-0.15, -0.1) is 0 Å². The van der Waals surface area contributed by atoms with E-state index < -0.39 is 0 Å². The number of carbonyl (C=O) groups excluding carboxylic acids is 1. The van der Waals surface area contributed by atoms with Gasteiger partial charge in [0.05, 0.1) is 5.56 Å². The number of halogens is 1. The molecule has 2 heterocycles. The average Bonchev–Trinajstić information content (AvgIpc) is 3.09. The van der Waals surface area contributed by atoms with Gasteiger partial charge in [0.15, 0.2) is 5.78 Å². The summed E-state index contributed by atoms with van der Waals surface area (Å²) in [6.07, 6.45) is 3.60. The Morgan fingerprint density at radius 1 is 1.19 bits per heavy atom. The summed E-state index contributed by atoms with van der Waals surface area (Å²) in [5.41, 5.74) is 2.99. The zero-order valence-corrected chi connectivity index (χ0v) is 15.4. The highest BCUT2D eigenvalue weighted by Crippen LogP contribution is 2.25. The number of aromatic nitrogens is 2. The maximum absolute atomic E-state index is 12.0. The number of Topliss-reactive ketones (excluding diaryl/α,β-unsaturated/α-hetero) is 1. The number of benzene rings is 1.